The van der Waals surface area contributed by atoms with Gasteiger partial charge in [-0.3, -0.25) is 9.59 Å². The van der Waals surface area contributed by atoms with E-state index in [0.717, 1.165) is 16.6 Å². The molecule has 0 bridgehead atoms. The predicted octanol–water partition coefficient (Wildman–Crippen LogP) is 2.05. The molecule has 1 amide bonds. The molecule has 17 heavy (non-hydrogen) atoms. The van der Waals surface area contributed by atoms with Gasteiger partial charge in [0, 0.05) is 9.75 Å². The van der Waals surface area contributed by atoms with Crippen molar-refractivity contribution in [2.45, 2.75) is 19.9 Å². The second-order valence-corrected chi connectivity index (χ2v) is 5.93. The number of aliphatic carboxylic acids is 1. The lowest BCUT2D eigenvalue weighted by Crippen LogP contribution is -2.28. The number of hydrogen-bond donors (Lipinski definition) is 2. The lowest BCUT2D eigenvalue weighted by molar-refractivity contribution is -0.133. The van der Waals surface area contributed by atoms with E-state index in [1.165, 1.54) is 4.88 Å². The summed E-state index contributed by atoms with van der Waals surface area (Å²) < 4.78 is 0. The van der Waals surface area contributed by atoms with Crippen molar-refractivity contribution >= 4 is 35.0 Å². The van der Waals surface area contributed by atoms with Gasteiger partial charge in [-0.1, -0.05) is 0 Å². The highest BCUT2D eigenvalue weighted by molar-refractivity contribution is 8.00. The number of nitrogens with one attached hydrogen (secondary N) is 1. The van der Waals surface area contributed by atoms with E-state index in [4.69, 9.17) is 5.11 Å². The first-order valence-corrected chi connectivity index (χ1v) is 7.11. The Hall–Kier alpha value is -1.01. The van der Waals surface area contributed by atoms with Crippen molar-refractivity contribution in [3.63, 3.8) is 0 Å². The van der Waals surface area contributed by atoms with Crippen LogP contribution in [0.5, 0.6) is 0 Å². The second kappa shape index (κ2) is 6.66. The summed E-state index contributed by atoms with van der Waals surface area (Å²) in [4.78, 5) is 24.1. The summed E-state index contributed by atoms with van der Waals surface area (Å²) >= 11 is 2.75. The van der Waals surface area contributed by atoms with Gasteiger partial charge in [0.2, 0.25) is 5.91 Å². The molecule has 0 aliphatic carbocycles. The van der Waals surface area contributed by atoms with E-state index in [2.05, 4.69) is 5.32 Å². The van der Waals surface area contributed by atoms with Crippen LogP contribution in [0.3, 0.4) is 0 Å². The minimum atomic E-state index is -0.898. The second-order valence-electron chi connectivity index (χ2n) is 3.62. The summed E-state index contributed by atoms with van der Waals surface area (Å²) in [7, 11) is 0. The first-order chi connectivity index (χ1) is 7.99. The molecule has 1 rings (SSSR count). The van der Waals surface area contributed by atoms with Crippen molar-refractivity contribution in [1.29, 1.82) is 0 Å². The Labute approximate surface area is 108 Å². The molecule has 1 aromatic rings. The van der Waals surface area contributed by atoms with Crippen LogP contribution in [-0.4, -0.2) is 28.5 Å². The molecule has 1 heterocycles. The number of amides is 1. The molecule has 6 heteroatoms. The lowest BCUT2D eigenvalue weighted by Gasteiger charge is -2.11. The highest BCUT2D eigenvalue weighted by atomic mass is 32.2. The number of carboxylic acids is 1. The molecule has 1 atom stereocenters. The van der Waals surface area contributed by atoms with E-state index in [1.807, 2.05) is 26.0 Å². The fourth-order valence-electron chi connectivity index (χ4n) is 1.27. The Bertz CT molecular complexity index is 403. The maximum absolute atomic E-state index is 11.5. The molecule has 0 aromatic carbocycles. The first kappa shape index (κ1) is 14.1. The van der Waals surface area contributed by atoms with E-state index in [0.29, 0.717) is 0 Å². The fourth-order valence-corrected chi connectivity index (χ4v) is 2.70. The van der Waals surface area contributed by atoms with E-state index >= 15 is 0 Å². The van der Waals surface area contributed by atoms with Crippen LogP contribution in [0.2, 0.25) is 0 Å². The summed E-state index contributed by atoms with van der Waals surface area (Å²) in [5, 5.41) is 11.3. The van der Waals surface area contributed by atoms with Gasteiger partial charge in [0.05, 0.1) is 17.5 Å². The topological polar surface area (TPSA) is 66.4 Å². The Balaban J connectivity index is 2.33. The van der Waals surface area contributed by atoms with Crippen molar-refractivity contribution in [3.05, 3.63) is 21.9 Å². The molecule has 0 aliphatic heterocycles. The Morgan fingerprint density at radius 2 is 2.18 bits per heavy atom. The van der Waals surface area contributed by atoms with Gasteiger partial charge in [0.1, 0.15) is 0 Å². The summed E-state index contributed by atoms with van der Waals surface area (Å²) in [5.74, 6) is -0.888. The molecule has 4 nitrogen and oxygen atoms in total. The molecular weight excluding hydrogens is 258 g/mol. The minimum Gasteiger partial charge on any atom is -0.481 e. The van der Waals surface area contributed by atoms with Crippen LogP contribution in [0.1, 0.15) is 22.7 Å². The Morgan fingerprint density at radius 1 is 1.47 bits per heavy atom. The van der Waals surface area contributed by atoms with Crippen LogP contribution in [0.25, 0.3) is 0 Å². The third-order valence-electron chi connectivity index (χ3n) is 2.02. The molecule has 1 unspecified atom stereocenters. The first-order valence-electron chi connectivity index (χ1n) is 5.14. The predicted molar refractivity (Wildman–Crippen MR) is 70.6 cm³/mol. The number of rotatable bonds is 6. The van der Waals surface area contributed by atoms with Crippen LogP contribution in [0.15, 0.2) is 12.1 Å². The highest BCUT2D eigenvalue weighted by Crippen LogP contribution is 2.22. The van der Waals surface area contributed by atoms with Gasteiger partial charge in [0.15, 0.2) is 0 Å². The maximum atomic E-state index is 11.5. The van der Waals surface area contributed by atoms with E-state index in [9.17, 15) is 9.59 Å². The highest BCUT2D eigenvalue weighted by Gasteiger charge is 2.11. The van der Waals surface area contributed by atoms with Crippen molar-refractivity contribution in [1.82, 2.24) is 5.32 Å². The smallest absolute Gasteiger partial charge is 0.313 e. The Morgan fingerprint density at radius 3 is 2.71 bits per heavy atom. The van der Waals surface area contributed by atoms with Crippen LogP contribution < -0.4 is 5.32 Å². The number of carboxylic acid groups (broad SMARTS) is 1. The average Bonchev–Trinajstić information content (AvgIpc) is 2.64. The number of thioether (sulfide) groups is 1. The molecule has 0 saturated carbocycles. The zero-order valence-corrected chi connectivity index (χ0v) is 11.4. The third-order valence-corrected chi connectivity index (χ3v) is 4.12. The van der Waals surface area contributed by atoms with Crippen LogP contribution >= 0.6 is 23.1 Å². The van der Waals surface area contributed by atoms with Crippen molar-refractivity contribution in [3.8, 4) is 0 Å². The van der Waals surface area contributed by atoms with Gasteiger partial charge in [-0.25, -0.2) is 0 Å². The van der Waals surface area contributed by atoms with Gasteiger partial charge >= 0.3 is 5.97 Å². The van der Waals surface area contributed by atoms with E-state index in [1.54, 1.807) is 11.3 Å². The molecular formula is C11H15NO3S2. The molecule has 0 spiro atoms. The number of hydrogen-bond acceptors (Lipinski definition) is 4. The van der Waals surface area contributed by atoms with E-state index < -0.39 is 5.97 Å². The molecule has 1 aromatic heterocycles. The summed E-state index contributed by atoms with van der Waals surface area (Å²) in [5.41, 5.74) is 0. The maximum Gasteiger partial charge on any atom is 0.313 e. The summed E-state index contributed by atoms with van der Waals surface area (Å²) in [6.07, 6.45) is 0. The normalized spacial score (nSPS) is 12.1. The average molecular weight is 273 g/mol. The van der Waals surface area contributed by atoms with Crippen LogP contribution in [0.4, 0.5) is 0 Å². The zero-order valence-electron chi connectivity index (χ0n) is 9.73. The molecule has 0 fully saturated rings. The number of aryl methyl sites for hydroxylation is 1. The number of carbonyl (C=O) groups is 2. The largest absolute Gasteiger partial charge is 0.481 e. The third kappa shape index (κ3) is 5.23. The van der Waals surface area contributed by atoms with Crippen molar-refractivity contribution in [2.75, 3.05) is 11.5 Å². The van der Waals surface area contributed by atoms with E-state index in [-0.39, 0.29) is 23.5 Å². The fraction of sp³-hybridized carbons (Fsp3) is 0.455. The summed E-state index contributed by atoms with van der Waals surface area (Å²) in [6.45, 7) is 3.94. The van der Waals surface area contributed by atoms with Crippen molar-refractivity contribution < 1.29 is 14.7 Å². The van der Waals surface area contributed by atoms with Gasteiger partial charge in [-0.15, -0.1) is 23.1 Å². The molecule has 0 radical (unpaired) electrons. The lowest BCUT2D eigenvalue weighted by atomic mass is 10.3. The summed E-state index contributed by atoms with van der Waals surface area (Å²) in [6, 6.07) is 3.99. The van der Waals surface area contributed by atoms with Gasteiger partial charge in [-0.05, 0) is 26.0 Å². The monoisotopic (exact) mass is 273 g/mol. The minimum absolute atomic E-state index is 0.0216. The quantitative estimate of drug-likeness (QED) is 0.832. The van der Waals surface area contributed by atoms with Gasteiger partial charge in [-0.2, -0.15) is 0 Å². The standard InChI is InChI=1S/C11H15NO3S2/c1-7-3-4-9(17-7)8(2)12-10(13)5-16-6-11(14)15/h3-4,8H,5-6H2,1-2H3,(H,12,13)(H,14,15). The molecule has 2 N–H and O–H groups in total. The van der Waals surface area contributed by atoms with Crippen LogP contribution in [-0.2, 0) is 9.59 Å². The van der Waals surface area contributed by atoms with Gasteiger partial charge < -0.3 is 10.4 Å². The van der Waals surface area contributed by atoms with Crippen molar-refractivity contribution in [2.24, 2.45) is 0 Å². The number of carbonyl (C=O) groups excluding carboxylic acids is 1. The van der Waals surface area contributed by atoms with Gasteiger partial charge in [0.25, 0.3) is 0 Å². The SMILES string of the molecule is Cc1ccc(C(C)NC(=O)CSCC(=O)O)s1. The molecule has 94 valence electrons. The number of thiophene rings is 1. The van der Waals surface area contributed by atoms with Crippen LogP contribution in [0, 0.1) is 6.92 Å². The molecule has 0 aliphatic rings. The molecule has 0 saturated heterocycles. The Kier molecular flexibility index (Phi) is 5.50. The zero-order chi connectivity index (χ0) is 12.8.